The molecule has 0 radical (unpaired) electrons. The Morgan fingerprint density at radius 2 is 2.36 bits per heavy atom. The van der Waals surface area contributed by atoms with Crippen LogP contribution in [0.15, 0.2) is 11.9 Å². The quantitative estimate of drug-likeness (QED) is 0.616. The fourth-order valence-corrected chi connectivity index (χ4v) is 3.26. The van der Waals surface area contributed by atoms with E-state index in [2.05, 4.69) is 30.4 Å². The largest absolute Gasteiger partial charge is 0.385 e. The molecule has 0 saturated carbocycles. The molecule has 0 aromatic carbocycles. The highest BCUT2D eigenvalue weighted by molar-refractivity contribution is 6.51. The molecule has 0 N–H and O–H groups in total. The van der Waals surface area contributed by atoms with Gasteiger partial charge in [0, 0.05) is 20.8 Å². The average Bonchev–Trinajstić information content (AvgIpc) is 2.31. The maximum Gasteiger partial charge on any atom is 0.0653 e. The summed E-state index contributed by atoms with van der Waals surface area (Å²) < 4.78 is 7.26. The minimum Gasteiger partial charge on any atom is -0.385 e. The van der Waals surface area contributed by atoms with Crippen LogP contribution in [0.5, 0.6) is 0 Å². The standard InChI is InChI=1S/C8H15NOSi/c1-8-9(2)4-6-11(8)7-5-10-3/h4,6H,5,7H2,1-3H3. The highest BCUT2D eigenvalue weighted by atomic mass is 28.2. The highest BCUT2D eigenvalue weighted by Gasteiger charge is 2.01. The maximum absolute atomic E-state index is 5.05. The van der Waals surface area contributed by atoms with Gasteiger partial charge in [-0.15, -0.1) is 0 Å². The van der Waals surface area contributed by atoms with E-state index in [1.165, 1.54) is 11.3 Å². The smallest absolute Gasteiger partial charge is 0.0653 e. The van der Waals surface area contributed by atoms with E-state index in [1.807, 2.05) is 0 Å². The molecule has 3 heteroatoms. The van der Waals surface area contributed by atoms with Gasteiger partial charge in [0.25, 0.3) is 0 Å². The number of hydrogen-bond donors (Lipinski definition) is 0. The lowest BCUT2D eigenvalue weighted by Gasteiger charge is -1.99. The number of nitrogens with zero attached hydrogens (tertiary/aromatic N) is 1. The van der Waals surface area contributed by atoms with Crippen molar-refractivity contribution in [3.8, 4) is 0 Å². The van der Waals surface area contributed by atoms with Gasteiger partial charge in [0.05, 0.1) is 8.40 Å². The van der Waals surface area contributed by atoms with Crippen LogP contribution in [-0.4, -0.2) is 26.7 Å². The molecule has 0 bridgehead atoms. The minimum atomic E-state index is -0.364. The third kappa shape index (κ3) is 2.01. The summed E-state index contributed by atoms with van der Waals surface area (Å²) in [6.45, 7) is 3.10. The summed E-state index contributed by atoms with van der Waals surface area (Å²) in [5.74, 6) is 0. The molecule has 0 spiro atoms. The SMILES string of the molecule is COCC[si]1ccn(C)c1C. The average molecular weight is 169 g/mol. The lowest BCUT2D eigenvalue weighted by Crippen LogP contribution is -2.08. The number of aromatic nitrogens is 1. The molecule has 0 aliphatic carbocycles. The van der Waals surface area contributed by atoms with E-state index in [4.69, 9.17) is 4.74 Å². The van der Waals surface area contributed by atoms with Crippen molar-refractivity contribution >= 4 is 8.40 Å². The molecule has 1 aromatic heterocycles. The van der Waals surface area contributed by atoms with E-state index >= 15 is 0 Å². The van der Waals surface area contributed by atoms with Crippen molar-refractivity contribution in [2.75, 3.05) is 13.7 Å². The molecule has 0 fully saturated rings. The molecule has 1 heterocycles. The topological polar surface area (TPSA) is 14.2 Å². The van der Waals surface area contributed by atoms with Crippen molar-refractivity contribution in [3.05, 3.63) is 17.2 Å². The summed E-state index contributed by atoms with van der Waals surface area (Å²) in [4.78, 5) is 0. The second-order valence-electron chi connectivity index (χ2n) is 2.78. The van der Waals surface area contributed by atoms with Crippen LogP contribution in [-0.2, 0) is 17.8 Å². The van der Waals surface area contributed by atoms with Crippen molar-refractivity contribution < 1.29 is 4.74 Å². The Hall–Kier alpha value is -0.413. The summed E-state index contributed by atoms with van der Waals surface area (Å²) in [5, 5.41) is 1.52. The first-order chi connectivity index (χ1) is 5.25. The molecule has 0 atom stereocenters. The van der Waals surface area contributed by atoms with Crippen molar-refractivity contribution in [1.29, 1.82) is 0 Å². The summed E-state index contributed by atoms with van der Waals surface area (Å²) in [6.07, 6.45) is 2.17. The van der Waals surface area contributed by atoms with E-state index in [0.717, 1.165) is 6.61 Å². The van der Waals surface area contributed by atoms with Crippen molar-refractivity contribution in [2.45, 2.75) is 13.0 Å². The van der Waals surface area contributed by atoms with Crippen LogP contribution in [0.25, 0.3) is 0 Å². The van der Waals surface area contributed by atoms with Gasteiger partial charge in [-0.25, -0.2) is 0 Å². The lowest BCUT2D eigenvalue weighted by atomic mass is 10.8. The molecule has 0 unspecified atom stereocenters. The van der Waals surface area contributed by atoms with E-state index < -0.39 is 0 Å². The maximum atomic E-state index is 5.05. The second-order valence-corrected chi connectivity index (χ2v) is 5.39. The molecule has 62 valence electrons. The lowest BCUT2D eigenvalue weighted by molar-refractivity contribution is 0.208. The zero-order valence-electron chi connectivity index (χ0n) is 7.42. The molecule has 0 aliphatic heterocycles. The van der Waals surface area contributed by atoms with E-state index in [0.29, 0.717) is 0 Å². The van der Waals surface area contributed by atoms with E-state index in [9.17, 15) is 0 Å². The van der Waals surface area contributed by atoms with Crippen LogP contribution in [0.2, 0.25) is 0 Å². The van der Waals surface area contributed by atoms with Crippen molar-refractivity contribution in [1.82, 2.24) is 4.57 Å². The molecule has 0 saturated heterocycles. The van der Waals surface area contributed by atoms with Gasteiger partial charge < -0.3 is 9.30 Å². The number of aryl methyl sites for hydroxylation is 1. The van der Waals surface area contributed by atoms with Crippen LogP contribution in [0.4, 0.5) is 0 Å². The molecule has 0 amide bonds. The van der Waals surface area contributed by atoms with Crippen LogP contribution >= 0.6 is 0 Å². The molecular weight excluding hydrogens is 154 g/mol. The van der Waals surface area contributed by atoms with E-state index in [1.54, 1.807) is 7.11 Å². The van der Waals surface area contributed by atoms with Crippen molar-refractivity contribution in [3.63, 3.8) is 0 Å². The normalized spacial score (nSPS) is 10.5. The first-order valence-corrected chi connectivity index (χ1v) is 5.64. The summed E-state index contributed by atoms with van der Waals surface area (Å²) in [6, 6.07) is 1.20. The van der Waals surface area contributed by atoms with Gasteiger partial charge >= 0.3 is 0 Å². The van der Waals surface area contributed by atoms with Gasteiger partial charge in [-0.1, -0.05) is 5.68 Å². The molecule has 11 heavy (non-hydrogen) atoms. The van der Waals surface area contributed by atoms with Gasteiger partial charge in [0.2, 0.25) is 0 Å². The zero-order chi connectivity index (χ0) is 8.27. The van der Waals surface area contributed by atoms with Crippen LogP contribution in [0.1, 0.15) is 5.30 Å². The monoisotopic (exact) mass is 169 g/mol. The summed E-state index contributed by atoms with van der Waals surface area (Å²) in [7, 11) is 3.51. The van der Waals surface area contributed by atoms with Crippen LogP contribution in [0.3, 0.4) is 0 Å². The van der Waals surface area contributed by atoms with Gasteiger partial charge in [0.1, 0.15) is 0 Å². The Balaban J connectivity index is 2.63. The second kappa shape index (κ2) is 3.83. The number of methoxy groups -OCH3 is 1. The Morgan fingerprint density at radius 3 is 2.82 bits per heavy atom. The minimum absolute atomic E-state index is 0.364. The third-order valence-electron chi connectivity index (χ3n) is 2.07. The predicted octanol–water partition coefficient (Wildman–Crippen LogP) is 1.01. The Kier molecular flexibility index (Phi) is 3.02. The van der Waals surface area contributed by atoms with E-state index in [-0.39, 0.29) is 8.40 Å². The Labute approximate surface area is 69.3 Å². The van der Waals surface area contributed by atoms with Gasteiger partial charge in [-0.3, -0.25) is 0 Å². The molecule has 2 nitrogen and oxygen atoms in total. The molecule has 1 rings (SSSR count). The molecule has 0 aliphatic rings. The molecule has 1 aromatic rings. The Morgan fingerprint density at radius 1 is 1.64 bits per heavy atom. The van der Waals surface area contributed by atoms with Gasteiger partial charge in [0.15, 0.2) is 0 Å². The third-order valence-corrected chi connectivity index (χ3v) is 4.65. The highest BCUT2D eigenvalue weighted by Crippen LogP contribution is 1.97. The first kappa shape index (κ1) is 8.68. The predicted molar refractivity (Wildman–Crippen MR) is 48.0 cm³/mol. The number of hydrogen-bond acceptors (Lipinski definition) is 1. The van der Waals surface area contributed by atoms with Crippen LogP contribution in [0, 0.1) is 6.92 Å². The van der Waals surface area contributed by atoms with Crippen molar-refractivity contribution in [2.24, 2.45) is 7.05 Å². The number of ether oxygens (including phenoxy) is 1. The fraction of sp³-hybridized carbons (Fsp3) is 0.625. The summed E-state index contributed by atoms with van der Waals surface area (Å²) in [5.41, 5.74) is 2.33. The fourth-order valence-electron chi connectivity index (χ4n) is 1.14. The van der Waals surface area contributed by atoms with Crippen LogP contribution < -0.4 is 0 Å². The van der Waals surface area contributed by atoms with Gasteiger partial charge in [-0.05, 0) is 24.5 Å². The first-order valence-electron chi connectivity index (χ1n) is 3.85. The van der Waals surface area contributed by atoms with Gasteiger partial charge in [-0.2, -0.15) is 0 Å². The Bertz CT molecular complexity index is 232. The molecular formula is C8H15NOSi. The summed E-state index contributed by atoms with van der Waals surface area (Å²) >= 11 is 0. The zero-order valence-corrected chi connectivity index (χ0v) is 8.42. The number of rotatable bonds is 3.